The number of nitrogens with one attached hydrogen (secondary N) is 1. The monoisotopic (exact) mass is 570 g/mol. The zero-order valence-electron chi connectivity index (χ0n) is 21.0. The van der Waals surface area contributed by atoms with E-state index < -0.39 is 21.7 Å². The summed E-state index contributed by atoms with van der Waals surface area (Å²) in [6.07, 6.45) is 5.54. The molecule has 8 nitrogen and oxygen atoms in total. The van der Waals surface area contributed by atoms with E-state index in [2.05, 4.69) is 19.7 Å². The second kappa shape index (κ2) is 10.7. The largest absolute Gasteiger partial charge is 0.504 e. The third-order valence-electron chi connectivity index (χ3n) is 6.16. The van der Waals surface area contributed by atoms with Crippen molar-refractivity contribution in [1.82, 2.24) is 9.97 Å². The molecule has 2 aromatic heterocycles. The van der Waals surface area contributed by atoms with Gasteiger partial charge in [0.05, 0.1) is 24.7 Å². The minimum atomic E-state index is -4.11. The van der Waals surface area contributed by atoms with Crippen LogP contribution in [-0.4, -0.2) is 36.8 Å². The minimum absolute atomic E-state index is 0.0657. The molecule has 2 N–H and O–H groups in total. The Bertz CT molecular complexity index is 1690. The van der Waals surface area contributed by atoms with Crippen molar-refractivity contribution in [2.24, 2.45) is 10.9 Å². The van der Waals surface area contributed by atoms with Crippen LogP contribution in [0.4, 0.5) is 19.6 Å². The van der Waals surface area contributed by atoms with Crippen molar-refractivity contribution in [1.29, 1.82) is 0 Å². The van der Waals surface area contributed by atoms with Gasteiger partial charge in [-0.05, 0) is 74.1 Å². The number of methoxy groups -OCH3 is 1. The molecular formula is C27H24F2N4O4S2. The van der Waals surface area contributed by atoms with Crippen molar-refractivity contribution in [3.05, 3.63) is 76.3 Å². The van der Waals surface area contributed by atoms with E-state index in [1.54, 1.807) is 31.2 Å². The number of anilines is 1. The van der Waals surface area contributed by atoms with E-state index >= 15 is 0 Å². The summed E-state index contributed by atoms with van der Waals surface area (Å²) in [5.74, 6) is -1.26. The van der Waals surface area contributed by atoms with Gasteiger partial charge in [0.1, 0.15) is 0 Å². The normalized spacial score (nSPS) is 13.6. The van der Waals surface area contributed by atoms with Gasteiger partial charge in [0.25, 0.3) is 10.0 Å². The molecule has 0 saturated heterocycles. The molecule has 0 atom stereocenters. The Morgan fingerprint density at radius 2 is 2.00 bits per heavy atom. The SMILES string of the molecule is COc1cccc(/C=N/c2cnc(S(=O)(=O)Nc3nc(-c4ccc(F)c(F)c4)c(CC4CC4)s3)c(C)c2)c1O. The molecule has 0 radical (unpaired) electrons. The number of halogens is 2. The Labute approximate surface area is 228 Å². The van der Waals surface area contributed by atoms with Crippen LogP contribution in [0.15, 0.2) is 58.7 Å². The first-order chi connectivity index (χ1) is 18.6. The zero-order chi connectivity index (χ0) is 27.7. The molecule has 1 fully saturated rings. The summed E-state index contributed by atoms with van der Waals surface area (Å²) in [4.78, 5) is 13.6. The van der Waals surface area contributed by atoms with E-state index in [9.17, 15) is 22.3 Å². The number of rotatable bonds is 9. The molecule has 2 aromatic carbocycles. The average Bonchev–Trinajstić information content (AvgIpc) is 3.63. The molecule has 1 aliphatic rings. The van der Waals surface area contributed by atoms with Crippen LogP contribution < -0.4 is 9.46 Å². The van der Waals surface area contributed by atoms with Gasteiger partial charge in [0, 0.05) is 22.2 Å². The molecule has 4 aromatic rings. The predicted octanol–water partition coefficient (Wildman–Crippen LogP) is 6.01. The van der Waals surface area contributed by atoms with Crippen LogP contribution in [0.5, 0.6) is 11.5 Å². The van der Waals surface area contributed by atoms with Gasteiger partial charge in [-0.25, -0.2) is 18.7 Å². The number of ether oxygens (including phenoxy) is 1. The molecule has 0 amide bonds. The number of pyridine rings is 1. The molecule has 0 aliphatic heterocycles. The van der Waals surface area contributed by atoms with Crippen LogP contribution in [0.2, 0.25) is 0 Å². The Hall–Kier alpha value is -3.90. The number of hydrogen-bond acceptors (Lipinski definition) is 8. The first kappa shape index (κ1) is 26.7. The topological polar surface area (TPSA) is 114 Å². The molecule has 39 heavy (non-hydrogen) atoms. The summed E-state index contributed by atoms with van der Waals surface area (Å²) in [7, 11) is -2.67. The molecule has 0 bridgehead atoms. The Balaban J connectivity index is 1.39. The van der Waals surface area contributed by atoms with Crippen LogP contribution in [-0.2, 0) is 16.4 Å². The van der Waals surface area contributed by atoms with Crippen LogP contribution in [0.3, 0.4) is 0 Å². The average molecular weight is 571 g/mol. The molecule has 1 saturated carbocycles. The number of phenols is 1. The van der Waals surface area contributed by atoms with E-state index in [1.165, 1.54) is 36.9 Å². The zero-order valence-corrected chi connectivity index (χ0v) is 22.6. The van der Waals surface area contributed by atoms with Gasteiger partial charge in [-0.3, -0.25) is 9.71 Å². The first-order valence-electron chi connectivity index (χ1n) is 12.0. The first-order valence-corrected chi connectivity index (χ1v) is 14.3. The summed E-state index contributed by atoms with van der Waals surface area (Å²) in [5, 5.41) is 10.1. The van der Waals surface area contributed by atoms with E-state index in [1.807, 2.05) is 0 Å². The fourth-order valence-corrected chi connectivity index (χ4v) is 6.49. The number of sulfonamides is 1. The van der Waals surface area contributed by atoms with Crippen LogP contribution in [0.1, 0.15) is 28.8 Å². The summed E-state index contributed by atoms with van der Waals surface area (Å²) >= 11 is 1.17. The summed E-state index contributed by atoms with van der Waals surface area (Å²) in [6.45, 7) is 1.59. The Morgan fingerprint density at radius 3 is 2.69 bits per heavy atom. The maximum Gasteiger partial charge on any atom is 0.281 e. The number of nitrogens with zero attached hydrogens (tertiary/aromatic N) is 3. The second-order valence-corrected chi connectivity index (χ2v) is 11.8. The lowest BCUT2D eigenvalue weighted by Gasteiger charge is -2.08. The molecular weight excluding hydrogens is 546 g/mol. The third-order valence-corrected chi connectivity index (χ3v) is 8.68. The summed E-state index contributed by atoms with van der Waals surface area (Å²) in [5.41, 5.74) is 1.97. The molecule has 2 heterocycles. The number of para-hydroxylation sites is 1. The number of aliphatic imine (C=N–C) groups is 1. The van der Waals surface area contributed by atoms with Gasteiger partial charge in [-0.15, -0.1) is 11.3 Å². The second-order valence-electron chi connectivity index (χ2n) is 9.14. The highest BCUT2D eigenvalue weighted by molar-refractivity contribution is 7.92. The lowest BCUT2D eigenvalue weighted by atomic mass is 10.1. The maximum absolute atomic E-state index is 13.9. The number of thiazole rings is 1. The van der Waals surface area contributed by atoms with Gasteiger partial charge in [-0.1, -0.05) is 6.07 Å². The van der Waals surface area contributed by atoms with Crippen molar-refractivity contribution < 1.29 is 27.0 Å². The highest BCUT2D eigenvalue weighted by atomic mass is 32.2. The van der Waals surface area contributed by atoms with Crippen molar-refractivity contribution in [2.45, 2.75) is 31.2 Å². The van der Waals surface area contributed by atoms with Gasteiger partial charge in [0.15, 0.2) is 33.3 Å². The minimum Gasteiger partial charge on any atom is -0.504 e. The lowest BCUT2D eigenvalue weighted by molar-refractivity contribution is 0.373. The number of aromatic nitrogens is 2. The van der Waals surface area contributed by atoms with Gasteiger partial charge < -0.3 is 9.84 Å². The van der Waals surface area contributed by atoms with Crippen molar-refractivity contribution in [3.8, 4) is 22.8 Å². The van der Waals surface area contributed by atoms with Crippen LogP contribution in [0.25, 0.3) is 11.3 Å². The van der Waals surface area contributed by atoms with Crippen LogP contribution in [0, 0.1) is 24.5 Å². The van der Waals surface area contributed by atoms with E-state index in [0.29, 0.717) is 46.2 Å². The van der Waals surface area contributed by atoms with Gasteiger partial charge in [-0.2, -0.15) is 8.42 Å². The lowest BCUT2D eigenvalue weighted by Crippen LogP contribution is -2.15. The molecule has 12 heteroatoms. The highest BCUT2D eigenvalue weighted by Gasteiger charge is 2.27. The van der Waals surface area contributed by atoms with Crippen LogP contribution >= 0.6 is 11.3 Å². The number of aryl methyl sites for hydroxylation is 1. The predicted molar refractivity (Wildman–Crippen MR) is 146 cm³/mol. The fourth-order valence-electron chi connectivity index (χ4n) is 4.00. The van der Waals surface area contributed by atoms with Gasteiger partial charge >= 0.3 is 0 Å². The van der Waals surface area contributed by atoms with E-state index in [4.69, 9.17) is 4.74 Å². The summed E-state index contributed by atoms with van der Waals surface area (Å²) in [6, 6.07) is 10.1. The Morgan fingerprint density at radius 1 is 1.21 bits per heavy atom. The van der Waals surface area contributed by atoms with Crippen molar-refractivity contribution >= 4 is 38.4 Å². The quantitative estimate of drug-likeness (QED) is 0.238. The van der Waals surface area contributed by atoms with Crippen molar-refractivity contribution in [2.75, 3.05) is 11.8 Å². The molecule has 1 aliphatic carbocycles. The summed E-state index contributed by atoms with van der Waals surface area (Å²) < 4.78 is 61.4. The molecule has 5 rings (SSSR count). The van der Waals surface area contributed by atoms with Gasteiger partial charge in [0.2, 0.25) is 0 Å². The highest BCUT2D eigenvalue weighted by Crippen LogP contribution is 2.40. The molecule has 202 valence electrons. The van der Waals surface area contributed by atoms with E-state index in [0.717, 1.165) is 29.9 Å². The molecule has 0 unspecified atom stereocenters. The number of aromatic hydroxyl groups is 1. The Kier molecular flexibility index (Phi) is 7.32. The third kappa shape index (κ3) is 5.91. The van der Waals surface area contributed by atoms with E-state index in [-0.39, 0.29) is 15.9 Å². The number of hydrogen-bond donors (Lipinski definition) is 2. The van der Waals surface area contributed by atoms with Crippen molar-refractivity contribution in [3.63, 3.8) is 0 Å². The number of phenolic OH excluding ortho intramolecular Hbond substituents is 1. The number of benzene rings is 2. The standard InChI is InChI=1S/C27H24F2N4O4S2/c1-15-10-19(30-13-18-4-3-5-22(37-2)25(18)34)14-31-26(15)39(35,36)33-27-32-24(23(38-27)11-16-6-7-16)17-8-9-20(28)21(29)12-17/h3-5,8-10,12-14,16,34H,6-7,11H2,1-2H3,(H,32,33)/b30-13+. The molecule has 0 spiro atoms. The smallest absolute Gasteiger partial charge is 0.281 e. The maximum atomic E-state index is 13.9. The fraction of sp³-hybridized carbons (Fsp3) is 0.222.